The molecule has 3 N–H and O–H groups in total. The van der Waals surface area contributed by atoms with Crippen molar-refractivity contribution in [3.8, 4) is 28.5 Å². The number of methoxy groups -OCH3 is 1. The number of nitrogens with zero attached hydrogens (tertiary/aromatic N) is 5. The molecule has 230 valence electrons. The molecule has 2 aliphatic heterocycles. The number of benzene rings is 2. The minimum atomic E-state index is -1.14. The number of aromatic nitrogens is 4. The number of hydrogen-bond acceptors (Lipinski definition) is 6. The highest BCUT2D eigenvalue weighted by atomic mass is 19.1. The summed E-state index contributed by atoms with van der Waals surface area (Å²) in [5.74, 6) is 1.47. The van der Waals surface area contributed by atoms with Crippen LogP contribution in [0.3, 0.4) is 0 Å². The molecule has 0 radical (unpaired) electrons. The van der Waals surface area contributed by atoms with Crippen LogP contribution >= 0.6 is 0 Å². The Bertz CT molecular complexity index is 2020. The summed E-state index contributed by atoms with van der Waals surface area (Å²) in [7, 11) is 3.52. The van der Waals surface area contributed by atoms with E-state index in [2.05, 4.69) is 22.0 Å². The lowest BCUT2D eigenvalue weighted by Gasteiger charge is -2.33. The molecular weight excluding hydrogens is 573 g/mol. The van der Waals surface area contributed by atoms with E-state index in [1.807, 2.05) is 35.9 Å². The van der Waals surface area contributed by atoms with Crippen molar-refractivity contribution < 1.29 is 18.7 Å². The lowest BCUT2D eigenvalue weighted by atomic mass is 10.0. The van der Waals surface area contributed by atoms with Gasteiger partial charge in [0.25, 0.3) is 11.8 Å². The summed E-state index contributed by atoms with van der Waals surface area (Å²) in [6, 6.07) is 15.2. The second-order valence-corrected chi connectivity index (χ2v) is 12.6. The predicted octanol–water partition coefficient (Wildman–Crippen LogP) is 4.43. The monoisotopic (exact) mass is 607 g/mol. The third kappa shape index (κ3) is 4.73. The van der Waals surface area contributed by atoms with Gasteiger partial charge in [0.05, 0.1) is 30.6 Å². The molecule has 2 atom stereocenters. The van der Waals surface area contributed by atoms with Crippen LogP contribution in [-0.4, -0.2) is 68.2 Å². The number of carbonyl (C=O) groups is 2. The Balaban J connectivity index is 1.23. The Morgan fingerprint density at radius 2 is 1.96 bits per heavy atom. The number of aryl methyl sites for hydroxylation is 1. The second kappa shape index (κ2) is 10.4. The third-order valence-corrected chi connectivity index (χ3v) is 9.32. The van der Waals surface area contributed by atoms with Gasteiger partial charge in [-0.2, -0.15) is 0 Å². The first kappa shape index (κ1) is 27.8. The van der Waals surface area contributed by atoms with Crippen LogP contribution in [0.25, 0.3) is 44.8 Å². The number of carbonyl (C=O) groups excluding carboxylic acids is 2. The lowest BCUT2D eigenvalue weighted by molar-refractivity contribution is 0.0606. The zero-order valence-corrected chi connectivity index (χ0v) is 25.2. The molecule has 11 heteroatoms. The molecule has 0 bridgehead atoms. The molecule has 10 nitrogen and oxygen atoms in total. The number of nitrogens with two attached hydrogens (primary N) is 1. The molecule has 1 saturated carbocycles. The molecule has 0 unspecified atom stereocenters. The van der Waals surface area contributed by atoms with Crippen molar-refractivity contribution in [2.24, 2.45) is 18.7 Å². The van der Waals surface area contributed by atoms with Crippen molar-refractivity contribution in [3.63, 3.8) is 0 Å². The molecule has 2 fully saturated rings. The van der Waals surface area contributed by atoms with Crippen LogP contribution in [0, 0.1) is 5.92 Å². The Morgan fingerprint density at radius 1 is 1.11 bits per heavy atom. The Labute approximate surface area is 259 Å². The van der Waals surface area contributed by atoms with Crippen molar-refractivity contribution in [2.45, 2.75) is 44.6 Å². The fourth-order valence-corrected chi connectivity index (χ4v) is 6.83. The number of piperidine rings is 1. The van der Waals surface area contributed by atoms with Gasteiger partial charge in [0.1, 0.15) is 23.1 Å². The van der Waals surface area contributed by atoms with Gasteiger partial charge in [0.2, 0.25) is 0 Å². The molecule has 2 aromatic carbocycles. The molecule has 45 heavy (non-hydrogen) atoms. The van der Waals surface area contributed by atoms with E-state index in [1.54, 1.807) is 19.2 Å². The fraction of sp³-hybridized carbons (Fsp3) is 0.353. The molecule has 2 amide bonds. The first-order valence-electron chi connectivity index (χ1n) is 15.4. The van der Waals surface area contributed by atoms with Gasteiger partial charge in [-0.3, -0.25) is 9.59 Å². The van der Waals surface area contributed by atoms with Crippen LogP contribution in [0.1, 0.15) is 45.5 Å². The zero-order chi connectivity index (χ0) is 31.0. The number of likely N-dealkylation sites (tertiary alicyclic amines) is 1. The van der Waals surface area contributed by atoms with Gasteiger partial charge in [0.15, 0.2) is 5.82 Å². The van der Waals surface area contributed by atoms with Crippen LogP contribution in [0.5, 0.6) is 5.75 Å². The van der Waals surface area contributed by atoms with Gasteiger partial charge >= 0.3 is 0 Å². The van der Waals surface area contributed by atoms with E-state index in [4.69, 9.17) is 20.4 Å². The number of hydrogen-bond donors (Lipinski definition) is 2. The summed E-state index contributed by atoms with van der Waals surface area (Å²) < 4.78 is 24.3. The lowest BCUT2D eigenvalue weighted by Crippen LogP contribution is -2.50. The van der Waals surface area contributed by atoms with E-state index in [9.17, 15) is 14.0 Å². The van der Waals surface area contributed by atoms with Crippen molar-refractivity contribution in [1.82, 2.24) is 29.3 Å². The molecular formula is C34H34FN7O3. The minimum Gasteiger partial charge on any atom is -0.494 e. The number of nitrogens with one attached hydrogen (secondary N) is 1. The van der Waals surface area contributed by atoms with Gasteiger partial charge in [-0.25, -0.2) is 14.4 Å². The number of fused-ring (bicyclic) bond motifs is 3. The molecule has 5 aromatic rings. The van der Waals surface area contributed by atoms with Crippen molar-refractivity contribution in [1.29, 1.82) is 0 Å². The average Bonchev–Trinajstić information content (AvgIpc) is 3.56. The van der Waals surface area contributed by atoms with Crippen LogP contribution in [-0.2, 0) is 20.1 Å². The fourth-order valence-electron chi connectivity index (χ4n) is 6.83. The maximum absolute atomic E-state index is 14.3. The highest BCUT2D eigenvalue weighted by molar-refractivity contribution is 6.01. The molecule has 0 spiro atoms. The third-order valence-electron chi connectivity index (χ3n) is 9.32. The summed E-state index contributed by atoms with van der Waals surface area (Å²) in [5, 5.41) is 3.87. The second-order valence-electron chi connectivity index (χ2n) is 12.6. The minimum absolute atomic E-state index is 0.0231. The van der Waals surface area contributed by atoms with Crippen molar-refractivity contribution in [3.05, 3.63) is 65.2 Å². The number of imidazole rings is 1. The molecule has 8 rings (SSSR count). The maximum Gasteiger partial charge on any atom is 0.254 e. The first-order chi connectivity index (χ1) is 21.8. The number of halogens is 1. The van der Waals surface area contributed by atoms with Crippen LogP contribution in [0.15, 0.2) is 48.5 Å². The zero-order valence-electron chi connectivity index (χ0n) is 25.2. The van der Waals surface area contributed by atoms with E-state index in [0.29, 0.717) is 41.4 Å². The Kier molecular flexibility index (Phi) is 6.42. The first-order valence-corrected chi connectivity index (χ1v) is 15.4. The van der Waals surface area contributed by atoms with Gasteiger partial charge in [-0.05, 0) is 67.1 Å². The summed E-state index contributed by atoms with van der Waals surface area (Å²) >= 11 is 0. The largest absolute Gasteiger partial charge is 0.494 e. The maximum atomic E-state index is 14.3. The topological polar surface area (TPSA) is 120 Å². The van der Waals surface area contributed by atoms with Gasteiger partial charge in [-0.15, -0.1) is 0 Å². The highest BCUT2D eigenvalue weighted by Crippen LogP contribution is 2.38. The summed E-state index contributed by atoms with van der Waals surface area (Å²) in [6.45, 7) is 1.69. The standard InChI is InChI=1S/C34H34FN7O3/c1-40-30-27(10-22(12-29(30)45-2)34(44)41-16-23(35)13-24(36)17-41)39-32(40)28-11-20-7-8-26(38-31(20)42(28)15-18-3-4-18)19-5-6-21-14-37-33(43)25(21)9-19/h5-12,18,23-24H,3-4,13-17,36H2,1-2H3,(H,37,43)/t23-,24-/m1/s1. The van der Waals surface area contributed by atoms with Gasteiger partial charge in [-0.1, -0.05) is 12.1 Å². The molecule has 1 aliphatic carbocycles. The summed E-state index contributed by atoms with van der Waals surface area (Å²) in [5.41, 5.74) is 13.0. The number of pyridine rings is 1. The quantitative estimate of drug-likeness (QED) is 0.295. The van der Waals surface area contributed by atoms with Crippen LogP contribution in [0.2, 0.25) is 0 Å². The number of alkyl halides is 1. The summed E-state index contributed by atoms with van der Waals surface area (Å²) in [6.07, 6.45) is 1.45. The average molecular weight is 608 g/mol. The van der Waals surface area contributed by atoms with Gasteiger partial charge < -0.3 is 29.8 Å². The van der Waals surface area contributed by atoms with Crippen LogP contribution < -0.4 is 15.8 Å². The highest BCUT2D eigenvalue weighted by Gasteiger charge is 2.31. The van der Waals surface area contributed by atoms with Crippen molar-refractivity contribution >= 4 is 33.9 Å². The summed E-state index contributed by atoms with van der Waals surface area (Å²) in [4.78, 5) is 37.4. The predicted molar refractivity (Wildman–Crippen MR) is 169 cm³/mol. The van der Waals surface area contributed by atoms with E-state index in [1.165, 1.54) is 17.7 Å². The van der Waals surface area contributed by atoms with Crippen LogP contribution in [0.4, 0.5) is 4.39 Å². The Hall–Kier alpha value is -4.77. The molecule has 5 heterocycles. The molecule has 1 saturated heterocycles. The number of amides is 2. The smallest absolute Gasteiger partial charge is 0.254 e. The number of rotatable bonds is 6. The van der Waals surface area contributed by atoms with Crippen molar-refractivity contribution in [2.75, 3.05) is 20.2 Å². The SMILES string of the molecule is COc1cc(C(=O)N2C[C@H](N)C[C@@H](F)C2)cc2nc(-c3cc4ccc(-c5ccc6c(c5)C(=O)NC6)nc4n3CC3CC3)n(C)c12. The van der Waals surface area contributed by atoms with E-state index in [0.717, 1.165) is 51.4 Å². The normalized spacial score (nSPS) is 19.7. The van der Waals surface area contributed by atoms with E-state index < -0.39 is 12.2 Å². The van der Waals surface area contributed by atoms with E-state index >= 15 is 0 Å². The Morgan fingerprint density at radius 3 is 2.73 bits per heavy atom. The van der Waals surface area contributed by atoms with E-state index in [-0.39, 0.29) is 24.8 Å². The molecule has 3 aliphatic rings. The van der Waals surface area contributed by atoms with Gasteiger partial charge in [0, 0.05) is 54.8 Å². The molecule has 3 aromatic heterocycles. The number of ether oxygens (including phenoxy) is 1.